The third kappa shape index (κ3) is 3.03. The Morgan fingerprint density at radius 1 is 1.12 bits per heavy atom. The van der Waals surface area contributed by atoms with Gasteiger partial charge in [0.2, 0.25) is 10.0 Å². The number of hydrogen-bond donors (Lipinski definition) is 1. The van der Waals surface area contributed by atoms with Crippen LogP contribution in [-0.2, 0) is 10.0 Å². The smallest absolute Gasteiger partial charge is 0.237 e. The molecule has 0 unspecified atom stereocenters. The van der Waals surface area contributed by atoms with Crippen LogP contribution in [0.15, 0.2) is 18.2 Å². The van der Waals surface area contributed by atoms with E-state index >= 15 is 0 Å². The fourth-order valence-corrected chi connectivity index (χ4v) is 1.91. The zero-order valence-corrected chi connectivity index (χ0v) is 11.5. The Bertz CT molecular complexity index is 492. The van der Waals surface area contributed by atoms with Gasteiger partial charge in [0.25, 0.3) is 0 Å². The van der Waals surface area contributed by atoms with Crippen LogP contribution >= 0.6 is 23.2 Å². The summed E-state index contributed by atoms with van der Waals surface area (Å²) in [5.41, 5.74) is 0.407. The Hall–Kier alpha value is -0.450. The van der Waals surface area contributed by atoms with Crippen molar-refractivity contribution in [3.8, 4) is 0 Å². The van der Waals surface area contributed by atoms with Crippen LogP contribution in [0, 0.1) is 0 Å². The molecule has 0 aliphatic rings. The Morgan fingerprint density at radius 2 is 1.69 bits per heavy atom. The van der Waals surface area contributed by atoms with Crippen LogP contribution in [0.2, 0.25) is 10.0 Å². The molecule has 0 aromatic heterocycles. The van der Waals surface area contributed by atoms with E-state index < -0.39 is 14.8 Å². The molecular weight excluding hydrogens is 269 g/mol. The second-order valence-electron chi connectivity index (χ2n) is 4.35. The molecule has 1 aromatic carbocycles. The molecule has 90 valence electrons. The molecule has 0 saturated heterocycles. The lowest BCUT2D eigenvalue weighted by Crippen LogP contribution is -2.33. The lowest BCUT2D eigenvalue weighted by atomic mass is 10.3. The zero-order chi connectivity index (χ0) is 12.6. The summed E-state index contributed by atoms with van der Waals surface area (Å²) in [6.45, 7) is 4.85. The fraction of sp³-hybridized carbons (Fsp3) is 0.400. The van der Waals surface area contributed by atoms with Gasteiger partial charge in [-0.3, -0.25) is 4.72 Å². The normalized spacial score (nSPS) is 12.6. The van der Waals surface area contributed by atoms with E-state index in [2.05, 4.69) is 4.72 Å². The van der Waals surface area contributed by atoms with Gasteiger partial charge < -0.3 is 0 Å². The number of nitrogens with one attached hydrogen (secondary N) is 1. The van der Waals surface area contributed by atoms with Crippen molar-refractivity contribution in [2.75, 3.05) is 4.72 Å². The quantitative estimate of drug-likeness (QED) is 0.901. The molecule has 0 heterocycles. The predicted molar refractivity (Wildman–Crippen MR) is 68.8 cm³/mol. The molecule has 0 atom stereocenters. The molecule has 0 saturated carbocycles. The summed E-state index contributed by atoms with van der Waals surface area (Å²) in [4.78, 5) is 0. The molecule has 6 heteroatoms. The molecule has 0 radical (unpaired) electrons. The number of benzene rings is 1. The van der Waals surface area contributed by atoms with Crippen molar-refractivity contribution in [3.63, 3.8) is 0 Å². The van der Waals surface area contributed by atoms with Crippen LogP contribution < -0.4 is 4.72 Å². The SMILES string of the molecule is CC(C)(C)S(=O)(=O)Nc1ccc(Cl)c(Cl)c1. The first-order chi connectivity index (χ1) is 7.13. The Balaban J connectivity index is 3.03. The second kappa shape index (κ2) is 4.43. The number of anilines is 1. The first-order valence-electron chi connectivity index (χ1n) is 4.61. The van der Waals surface area contributed by atoms with Crippen molar-refractivity contribution in [2.45, 2.75) is 25.5 Å². The highest BCUT2D eigenvalue weighted by Gasteiger charge is 2.28. The first-order valence-corrected chi connectivity index (χ1v) is 6.85. The van der Waals surface area contributed by atoms with E-state index in [0.29, 0.717) is 15.7 Å². The lowest BCUT2D eigenvalue weighted by molar-refractivity contribution is 0.566. The molecule has 0 spiro atoms. The average Bonchev–Trinajstić information content (AvgIpc) is 2.09. The van der Waals surface area contributed by atoms with Crippen molar-refractivity contribution < 1.29 is 8.42 Å². The fourth-order valence-electron chi connectivity index (χ4n) is 0.868. The van der Waals surface area contributed by atoms with Gasteiger partial charge in [-0.15, -0.1) is 0 Å². The van der Waals surface area contributed by atoms with E-state index in [4.69, 9.17) is 23.2 Å². The van der Waals surface area contributed by atoms with E-state index in [1.165, 1.54) is 6.07 Å². The predicted octanol–water partition coefficient (Wildman–Crippen LogP) is 3.53. The van der Waals surface area contributed by atoms with Crippen molar-refractivity contribution in [1.82, 2.24) is 0 Å². The number of rotatable bonds is 2. The molecule has 3 nitrogen and oxygen atoms in total. The number of sulfonamides is 1. The highest BCUT2D eigenvalue weighted by Crippen LogP contribution is 2.27. The van der Waals surface area contributed by atoms with E-state index in [-0.39, 0.29) is 0 Å². The molecule has 0 fully saturated rings. The lowest BCUT2D eigenvalue weighted by Gasteiger charge is -2.20. The maximum atomic E-state index is 11.8. The summed E-state index contributed by atoms with van der Waals surface area (Å²) in [6, 6.07) is 4.59. The van der Waals surface area contributed by atoms with E-state index in [9.17, 15) is 8.42 Å². The van der Waals surface area contributed by atoms with Crippen molar-refractivity contribution in [3.05, 3.63) is 28.2 Å². The summed E-state index contributed by atoms with van der Waals surface area (Å²) in [6.07, 6.45) is 0. The topological polar surface area (TPSA) is 46.2 Å². The highest BCUT2D eigenvalue weighted by molar-refractivity contribution is 7.94. The van der Waals surface area contributed by atoms with Crippen LogP contribution in [0.5, 0.6) is 0 Å². The minimum absolute atomic E-state index is 0.316. The molecule has 16 heavy (non-hydrogen) atoms. The van der Waals surface area contributed by atoms with Crippen molar-refractivity contribution in [1.29, 1.82) is 0 Å². The largest absolute Gasteiger partial charge is 0.283 e. The monoisotopic (exact) mass is 281 g/mol. The number of halogens is 2. The summed E-state index contributed by atoms with van der Waals surface area (Å²) in [5, 5.41) is 0.705. The summed E-state index contributed by atoms with van der Waals surface area (Å²) < 4.78 is 25.2. The average molecular weight is 282 g/mol. The summed E-state index contributed by atoms with van der Waals surface area (Å²) in [5.74, 6) is 0. The van der Waals surface area contributed by atoms with E-state index in [1.807, 2.05) is 0 Å². The van der Waals surface area contributed by atoms with Gasteiger partial charge in [0.15, 0.2) is 0 Å². The van der Waals surface area contributed by atoms with Gasteiger partial charge in [-0.2, -0.15) is 0 Å². The molecule has 0 bridgehead atoms. The standard InChI is InChI=1S/C10H13Cl2NO2S/c1-10(2,3)16(14,15)13-7-4-5-8(11)9(12)6-7/h4-6,13H,1-3H3. The third-order valence-corrected chi connectivity index (χ3v) is 4.83. The molecule has 0 aliphatic carbocycles. The van der Waals surface area contributed by atoms with Crippen molar-refractivity contribution in [2.24, 2.45) is 0 Å². The third-order valence-electron chi connectivity index (χ3n) is 1.98. The molecule has 1 rings (SSSR count). The maximum absolute atomic E-state index is 11.8. The van der Waals surface area contributed by atoms with Crippen LogP contribution in [0.3, 0.4) is 0 Å². The summed E-state index contributed by atoms with van der Waals surface area (Å²) in [7, 11) is -3.43. The van der Waals surface area contributed by atoms with Gasteiger partial charge in [0.05, 0.1) is 20.5 Å². The van der Waals surface area contributed by atoms with Gasteiger partial charge in [0, 0.05) is 0 Å². The highest BCUT2D eigenvalue weighted by atomic mass is 35.5. The van der Waals surface area contributed by atoms with Gasteiger partial charge in [-0.05, 0) is 39.0 Å². The molecule has 1 N–H and O–H groups in total. The molecule has 0 aliphatic heterocycles. The van der Waals surface area contributed by atoms with Crippen LogP contribution in [0.25, 0.3) is 0 Å². The van der Waals surface area contributed by atoms with Crippen LogP contribution in [0.4, 0.5) is 5.69 Å². The molecule has 0 amide bonds. The van der Waals surface area contributed by atoms with E-state index in [1.54, 1.807) is 32.9 Å². The summed E-state index contributed by atoms with van der Waals surface area (Å²) >= 11 is 11.5. The number of hydrogen-bond acceptors (Lipinski definition) is 2. The van der Waals surface area contributed by atoms with Gasteiger partial charge in [-0.1, -0.05) is 23.2 Å². The zero-order valence-electron chi connectivity index (χ0n) is 9.21. The minimum atomic E-state index is -3.43. The maximum Gasteiger partial charge on any atom is 0.237 e. The van der Waals surface area contributed by atoms with Crippen LogP contribution in [-0.4, -0.2) is 13.2 Å². The second-order valence-corrected chi connectivity index (χ2v) is 7.60. The molecule has 1 aromatic rings. The van der Waals surface area contributed by atoms with Crippen LogP contribution in [0.1, 0.15) is 20.8 Å². The molecular formula is C10H13Cl2NO2S. The first kappa shape index (κ1) is 13.6. The van der Waals surface area contributed by atoms with Gasteiger partial charge >= 0.3 is 0 Å². The Kier molecular flexibility index (Phi) is 3.77. The minimum Gasteiger partial charge on any atom is -0.283 e. The van der Waals surface area contributed by atoms with E-state index in [0.717, 1.165) is 0 Å². The van der Waals surface area contributed by atoms with Gasteiger partial charge in [-0.25, -0.2) is 8.42 Å². The van der Waals surface area contributed by atoms with Crippen molar-refractivity contribution >= 4 is 38.9 Å². The Labute approximate surface area is 106 Å². The van der Waals surface area contributed by atoms with Gasteiger partial charge in [0.1, 0.15) is 0 Å². The Morgan fingerprint density at radius 3 is 2.12 bits per heavy atom.